The van der Waals surface area contributed by atoms with Gasteiger partial charge in [-0.05, 0) is 31.2 Å². The highest BCUT2D eigenvalue weighted by molar-refractivity contribution is 9.10. The predicted molar refractivity (Wildman–Crippen MR) is 75.8 cm³/mol. The Balaban J connectivity index is 2.30. The highest BCUT2D eigenvalue weighted by Gasteiger charge is 2.09. The molecule has 0 spiro atoms. The molecule has 3 nitrogen and oxygen atoms in total. The molecule has 0 amide bonds. The summed E-state index contributed by atoms with van der Waals surface area (Å²) < 4.78 is 18.3. The highest BCUT2D eigenvalue weighted by Crippen LogP contribution is 2.17. The van der Waals surface area contributed by atoms with E-state index in [4.69, 9.17) is 10.5 Å². The molecule has 1 aromatic rings. The quantitative estimate of drug-likeness (QED) is 0.839. The fourth-order valence-corrected chi connectivity index (χ4v) is 2.79. The monoisotopic (exact) mass is 319 g/mol. The molecular formula is C12H18BrNO2S. The first-order valence-corrected chi connectivity index (χ1v) is 7.76. The lowest BCUT2D eigenvalue weighted by Crippen LogP contribution is -2.21. The summed E-state index contributed by atoms with van der Waals surface area (Å²) in [5.41, 5.74) is 5.43. The third-order valence-corrected chi connectivity index (χ3v) is 4.57. The fourth-order valence-electron chi connectivity index (χ4n) is 1.37. The molecule has 0 saturated heterocycles. The Labute approximate surface area is 113 Å². The lowest BCUT2D eigenvalue weighted by molar-refractivity contribution is 0.342. The molecule has 0 aliphatic rings. The molecule has 1 rings (SSSR count). The molecule has 0 bridgehead atoms. The Kier molecular flexibility index (Phi) is 6.77. The lowest BCUT2D eigenvalue weighted by atomic mass is 10.3. The minimum absolute atomic E-state index is 0.145. The maximum atomic E-state index is 11.8. The van der Waals surface area contributed by atoms with Crippen molar-refractivity contribution in [1.29, 1.82) is 0 Å². The maximum Gasteiger partial charge on any atom is 0.120 e. The van der Waals surface area contributed by atoms with Crippen molar-refractivity contribution < 1.29 is 8.95 Å². The van der Waals surface area contributed by atoms with E-state index in [2.05, 4.69) is 15.9 Å². The van der Waals surface area contributed by atoms with Gasteiger partial charge in [0, 0.05) is 20.5 Å². The normalized spacial score (nSPS) is 14.3. The van der Waals surface area contributed by atoms with Crippen LogP contribution in [-0.2, 0) is 10.8 Å². The van der Waals surface area contributed by atoms with Gasteiger partial charge in [0.1, 0.15) is 5.75 Å². The topological polar surface area (TPSA) is 52.3 Å². The van der Waals surface area contributed by atoms with Gasteiger partial charge in [0.25, 0.3) is 0 Å². The molecule has 2 unspecified atom stereocenters. The van der Waals surface area contributed by atoms with E-state index >= 15 is 0 Å². The van der Waals surface area contributed by atoms with Crippen LogP contribution in [0, 0.1) is 0 Å². The summed E-state index contributed by atoms with van der Waals surface area (Å²) in [5, 5.41) is 0.145. The van der Waals surface area contributed by atoms with Crippen molar-refractivity contribution in [3.63, 3.8) is 0 Å². The summed E-state index contributed by atoms with van der Waals surface area (Å²) in [6.07, 6.45) is 0.795. The Morgan fingerprint density at radius 1 is 1.53 bits per heavy atom. The molecular weight excluding hydrogens is 302 g/mol. The van der Waals surface area contributed by atoms with Crippen LogP contribution in [0.2, 0.25) is 0 Å². The molecule has 2 atom stereocenters. The molecule has 5 heteroatoms. The molecule has 0 saturated carbocycles. The first kappa shape index (κ1) is 14.7. The van der Waals surface area contributed by atoms with E-state index in [0.717, 1.165) is 16.6 Å². The summed E-state index contributed by atoms with van der Waals surface area (Å²) >= 11 is 3.37. The molecule has 96 valence electrons. The van der Waals surface area contributed by atoms with E-state index in [1.807, 2.05) is 31.2 Å². The van der Waals surface area contributed by atoms with Gasteiger partial charge >= 0.3 is 0 Å². The van der Waals surface area contributed by atoms with Crippen molar-refractivity contribution in [3.8, 4) is 5.75 Å². The maximum absolute atomic E-state index is 11.8. The second kappa shape index (κ2) is 7.84. The van der Waals surface area contributed by atoms with Crippen LogP contribution in [0.25, 0.3) is 0 Å². The standard InChI is InChI=1S/C12H18BrNO2S/c1-10(5-6-14)17(15)8-7-16-12-4-2-3-11(13)9-12/h2-4,9-10H,5-8,14H2,1H3. The molecule has 2 N–H and O–H groups in total. The number of ether oxygens (including phenoxy) is 1. The molecule has 0 fully saturated rings. The van der Waals surface area contributed by atoms with Crippen molar-refractivity contribution in [2.45, 2.75) is 18.6 Å². The van der Waals surface area contributed by atoms with E-state index in [-0.39, 0.29) is 5.25 Å². The number of halogens is 1. The molecule has 0 heterocycles. The van der Waals surface area contributed by atoms with Gasteiger partial charge in [0.15, 0.2) is 0 Å². The van der Waals surface area contributed by atoms with Crippen LogP contribution in [0.3, 0.4) is 0 Å². The van der Waals surface area contributed by atoms with Gasteiger partial charge in [0.2, 0.25) is 0 Å². The summed E-state index contributed by atoms with van der Waals surface area (Å²) in [5.74, 6) is 1.34. The summed E-state index contributed by atoms with van der Waals surface area (Å²) in [7, 11) is -0.860. The van der Waals surface area contributed by atoms with Crippen LogP contribution < -0.4 is 10.5 Å². The second-order valence-electron chi connectivity index (χ2n) is 3.78. The van der Waals surface area contributed by atoms with Gasteiger partial charge in [0.05, 0.1) is 12.4 Å². The van der Waals surface area contributed by atoms with Crippen LogP contribution in [0.15, 0.2) is 28.7 Å². The number of hydrogen-bond donors (Lipinski definition) is 1. The Hall–Kier alpha value is -0.390. The zero-order valence-electron chi connectivity index (χ0n) is 9.90. The summed E-state index contributed by atoms with van der Waals surface area (Å²) in [4.78, 5) is 0. The smallest absolute Gasteiger partial charge is 0.120 e. The third kappa shape index (κ3) is 5.66. The van der Waals surface area contributed by atoms with E-state index in [1.165, 1.54) is 0 Å². The van der Waals surface area contributed by atoms with Crippen molar-refractivity contribution in [2.75, 3.05) is 18.9 Å². The Morgan fingerprint density at radius 2 is 2.29 bits per heavy atom. The molecule has 0 radical (unpaired) electrons. The predicted octanol–water partition coefficient (Wildman–Crippen LogP) is 2.31. The van der Waals surface area contributed by atoms with Crippen molar-refractivity contribution in [2.24, 2.45) is 5.73 Å². The van der Waals surface area contributed by atoms with E-state index in [9.17, 15) is 4.21 Å². The van der Waals surface area contributed by atoms with E-state index < -0.39 is 10.8 Å². The minimum Gasteiger partial charge on any atom is -0.493 e. The van der Waals surface area contributed by atoms with Gasteiger partial charge in [-0.15, -0.1) is 0 Å². The molecule has 0 aliphatic carbocycles. The highest BCUT2D eigenvalue weighted by atomic mass is 79.9. The van der Waals surface area contributed by atoms with Gasteiger partial charge in [-0.3, -0.25) is 4.21 Å². The van der Waals surface area contributed by atoms with Gasteiger partial charge < -0.3 is 10.5 Å². The molecule has 0 aromatic heterocycles. The largest absolute Gasteiger partial charge is 0.493 e. The van der Waals surface area contributed by atoms with Gasteiger partial charge in [-0.25, -0.2) is 0 Å². The first-order valence-electron chi connectivity index (χ1n) is 5.59. The number of hydrogen-bond acceptors (Lipinski definition) is 3. The van der Waals surface area contributed by atoms with Crippen LogP contribution in [-0.4, -0.2) is 28.4 Å². The van der Waals surface area contributed by atoms with Crippen LogP contribution in [0.1, 0.15) is 13.3 Å². The van der Waals surface area contributed by atoms with E-state index in [0.29, 0.717) is 18.9 Å². The van der Waals surface area contributed by atoms with Crippen LogP contribution in [0.4, 0.5) is 0 Å². The van der Waals surface area contributed by atoms with Gasteiger partial charge in [-0.1, -0.05) is 28.9 Å². The van der Waals surface area contributed by atoms with Crippen LogP contribution in [0.5, 0.6) is 5.75 Å². The van der Waals surface area contributed by atoms with Crippen molar-refractivity contribution >= 4 is 26.7 Å². The second-order valence-corrected chi connectivity index (χ2v) is 6.67. The number of nitrogens with two attached hydrogens (primary N) is 1. The zero-order chi connectivity index (χ0) is 12.7. The zero-order valence-corrected chi connectivity index (χ0v) is 12.3. The molecule has 1 aromatic carbocycles. The molecule has 17 heavy (non-hydrogen) atoms. The van der Waals surface area contributed by atoms with Gasteiger partial charge in [-0.2, -0.15) is 0 Å². The minimum atomic E-state index is -0.860. The average molecular weight is 320 g/mol. The average Bonchev–Trinajstić information content (AvgIpc) is 2.29. The summed E-state index contributed by atoms with van der Waals surface area (Å²) in [6.45, 7) is 3.01. The third-order valence-electron chi connectivity index (χ3n) is 2.37. The number of benzene rings is 1. The van der Waals surface area contributed by atoms with Crippen molar-refractivity contribution in [1.82, 2.24) is 0 Å². The number of rotatable bonds is 7. The van der Waals surface area contributed by atoms with E-state index in [1.54, 1.807) is 0 Å². The SMILES string of the molecule is CC(CCN)S(=O)CCOc1cccc(Br)c1. The molecule has 0 aliphatic heterocycles. The summed E-state index contributed by atoms with van der Waals surface area (Å²) in [6, 6.07) is 7.63. The Bertz CT molecular complexity index is 373. The Morgan fingerprint density at radius 3 is 2.94 bits per heavy atom. The first-order chi connectivity index (χ1) is 8.13. The fraction of sp³-hybridized carbons (Fsp3) is 0.500. The van der Waals surface area contributed by atoms with Crippen molar-refractivity contribution in [3.05, 3.63) is 28.7 Å². The lowest BCUT2D eigenvalue weighted by Gasteiger charge is -2.11. The van der Waals surface area contributed by atoms with Crippen LogP contribution >= 0.6 is 15.9 Å².